The van der Waals surface area contributed by atoms with Crippen LogP contribution >= 0.6 is 7.26 Å². The molecule has 0 heterocycles. The molecule has 0 unspecified atom stereocenters. The number of rotatable bonds is 16. The van der Waals surface area contributed by atoms with Gasteiger partial charge in [-0.05, 0) is 49.9 Å². The lowest BCUT2D eigenvalue weighted by atomic mass is 10.1. The molecule has 0 amide bonds. The number of halogens is 1. The van der Waals surface area contributed by atoms with Crippen molar-refractivity contribution in [2.45, 2.75) is 90.9 Å². The standard InChI is InChI=1S/C28H44P.BrH/c1-3-5-7-9-11-19-25-29(27-21-15-13-16-22-27,28-23-17-14-18-24-28)26-20-12-10-8-6-4-2;/h13-18,21-24H,3-12,19-20,25-26H2,1-2H3;1H/q+1;/p-1. The highest BCUT2D eigenvalue weighted by Crippen LogP contribution is 2.57. The van der Waals surface area contributed by atoms with Gasteiger partial charge in [0.2, 0.25) is 0 Å². The third kappa shape index (κ3) is 9.23. The van der Waals surface area contributed by atoms with Crippen molar-refractivity contribution >= 4 is 17.9 Å². The highest BCUT2D eigenvalue weighted by molar-refractivity contribution is 7.89. The SMILES string of the molecule is CCCCCCCC[P+](CCCCCCCC)(c1ccccc1)c1ccccc1.[Br-]. The fourth-order valence-corrected chi connectivity index (χ4v) is 9.10. The van der Waals surface area contributed by atoms with Gasteiger partial charge in [0.1, 0.15) is 0 Å². The van der Waals surface area contributed by atoms with Gasteiger partial charge in [0, 0.05) is 0 Å². The Bertz CT molecular complexity index is 568. The lowest BCUT2D eigenvalue weighted by Crippen LogP contribution is -3.00. The average molecular weight is 492 g/mol. The zero-order chi connectivity index (χ0) is 20.6. The molecule has 0 bridgehead atoms. The van der Waals surface area contributed by atoms with Crippen molar-refractivity contribution in [3.8, 4) is 0 Å². The second-order valence-electron chi connectivity index (χ2n) is 8.62. The molecule has 0 atom stereocenters. The van der Waals surface area contributed by atoms with Gasteiger partial charge in [-0.3, -0.25) is 0 Å². The van der Waals surface area contributed by atoms with E-state index in [1.165, 1.54) is 89.4 Å². The summed E-state index contributed by atoms with van der Waals surface area (Å²) >= 11 is 0. The van der Waals surface area contributed by atoms with Crippen LogP contribution in [0.1, 0.15) is 90.9 Å². The lowest BCUT2D eigenvalue weighted by Gasteiger charge is -2.28. The van der Waals surface area contributed by atoms with Gasteiger partial charge >= 0.3 is 0 Å². The van der Waals surface area contributed by atoms with Crippen LogP contribution in [0.15, 0.2) is 60.7 Å². The highest BCUT2D eigenvalue weighted by Gasteiger charge is 2.41. The summed E-state index contributed by atoms with van der Waals surface area (Å²) in [6.07, 6.45) is 19.5. The molecule has 0 saturated carbocycles. The molecule has 2 aromatic rings. The molecule has 168 valence electrons. The molecule has 0 N–H and O–H groups in total. The molecule has 0 saturated heterocycles. The molecule has 2 rings (SSSR count). The van der Waals surface area contributed by atoms with Gasteiger partial charge in [0.25, 0.3) is 0 Å². The van der Waals surface area contributed by atoms with E-state index in [9.17, 15) is 0 Å². The van der Waals surface area contributed by atoms with E-state index in [1.54, 1.807) is 10.6 Å². The Hall–Kier alpha value is -0.650. The van der Waals surface area contributed by atoms with Crippen molar-refractivity contribution in [2.75, 3.05) is 12.3 Å². The maximum absolute atomic E-state index is 2.43. The first-order valence-corrected chi connectivity index (χ1v) is 14.5. The van der Waals surface area contributed by atoms with Gasteiger partial charge in [-0.15, -0.1) is 0 Å². The van der Waals surface area contributed by atoms with Gasteiger partial charge in [0.15, 0.2) is 0 Å². The first-order valence-electron chi connectivity index (χ1n) is 12.3. The Morgan fingerprint density at radius 2 is 0.800 bits per heavy atom. The van der Waals surface area contributed by atoms with E-state index >= 15 is 0 Å². The molecule has 30 heavy (non-hydrogen) atoms. The van der Waals surface area contributed by atoms with Gasteiger partial charge in [0.05, 0.1) is 30.2 Å². The first-order chi connectivity index (χ1) is 14.3. The minimum absolute atomic E-state index is 0. The van der Waals surface area contributed by atoms with Crippen molar-refractivity contribution in [3.05, 3.63) is 60.7 Å². The van der Waals surface area contributed by atoms with Crippen molar-refractivity contribution < 1.29 is 17.0 Å². The van der Waals surface area contributed by atoms with Crippen LogP contribution in [0, 0.1) is 0 Å². The summed E-state index contributed by atoms with van der Waals surface area (Å²) in [4.78, 5) is 0. The third-order valence-electron chi connectivity index (χ3n) is 6.29. The van der Waals surface area contributed by atoms with Crippen LogP contribution in [0.5, 0.6) is 0 Å². The summed E-state index contributed by atoms with van der Waals surface area (Å²) in [7, 11) is -1.31. The topological polar surface area (TPSA) is 0 Å². The zero-order valence-corrected chi connectivity index (χ0v) is 22.0. The van der Waals surface area contributed by atoms with Gasteiger partial charge < -0.3 is 17.0 Å². The molecule has 0 aliphatic heterocycles. The minimum atomic E-state index is -1.31. The summed E-state index contributed by atoms with van der Waals surface area (Å²) in [5, 5.41) is 3.27. The second-order valence-corrected chi connectivity index (χ2v) is 12.5. The number of unbranched alkanes of at least 4 members (excludes halogenated alkanes) is 10. The monoisotopic (exact) mass is 490 g/mol. The van der Waals surface area contributed by atoms with Gasteiger partial charge in [-0.1, -0.05) is 102 Å². The summed E-state index contributed by atoms with van der Waals surface area (Å²) in [6, 6.07) is 23.1. The lowest BCUT2D eigenvalue weighted by molar-refractivity contribution is -0.00000613. The molecule has 0 aliphatic carbocycles. The van der Waals surface area contributed by atoms with Crippen molar-refractivity contribution in [2.24, 2.45) is 0 Å². The van der Waals surface area contributed by atoms with Crippen LogP contribution in [0.3, 0.4) is 0 Å². The van der Waals surface area contributed by atoms with E-state index in [1.807, 2.05) is 0 Å². The number of hydrogen-bond acceptors (Lipinski definition) is 0. The smallest absolute Gasteiger partial charge is 0.0991 e. The maximum Gasteiger partial charge on any atom is 0.0991 e. The zero-order valence-electron chi connectivity index (χ0n) is 19.5. The van der Waals surface area contributed by atoms with Crippen LogP contribution in [-0.4, -0.2) is 12.3 Å². The van der Waals surface area contributed by atoms with Crippen LogP contribution in [0.4, 0.5) is 0 Å². The molecule has 0 spiro atoms. The Kier molecular flexibility index (Phi) is 15.5. The summed E-state index contributed by atoms with van der Waals surface area (Å²) in [5.74, 6) is 0. The molecule has 2 aromatic carbocycles. The predicted octanol–water partition coefficient (Wildman–Crippen LogP) is 5.38. The molecule has 2 heteroatoms. The van der Waals surface area contributed by atoms with Crippen molar-refractivity contribution in [1.29, 1.82) is 0 Å². The summed E-state index contributed by atoms with van der Waals surface area (Å²) in [5.41, 5.74) is 0. The molecule has 0 radical (unpaired) electrons. The Morgan fingerprint density at radius 1 is 0.467 bits per heavy atom. The van der Waals surface area contributed by atoms with Crippen molar-refractivity contribution in [1.82, 2.24) is 0 Å². The molecule has 0 aliphatic rings. The predicted molar refractivity (Wildman–Crippen MR) is 136 cm³/mol. The van der Waals surface area contributed by atoms with Gasteiger partial charge in [-0.25, -0.2) is 0 Å². The number of hydrogen-bond donors (Lipinski definition) is 0. The average Bonchev–Trinajstić information content (AvgIpc) is 2.78. The van der Waals surface area contributed by atoms with Crippen LogP contribution in [0.2, 0.25) is 0 Å². The first kappa shape index (κ1) is 27.4. The summed E-state index contributed by atoms with van der Waals surface area (Å²) < 4.78 is 0. The fraction of sp³-hybridized carbons (Fsp3) is 0.571. The molecule has 0 nitrogen and oxygen atoms in total. The van der Waals surface area contributed by atoms with E-state index in [4.69, 9.17) is 0 Å². The quantitative estimate of drug-likeness (QED) is 0.219. The normalized spacial score (nSPS) is 11.3. The van der Waals surface area contributed by atoms with Gasteiger partial charge in [-0.2, -0.15) is 0 Å². The maximum atomic E-state index is 2.43. The highest BCUT2D eigenvalue weighted by atomic mass is 79.9. The second kappa shape index (κ2) is 17.0. The Morgan fingerprint density at radius 3 is 1.17 bits per heavy atom. The van der Waals surface area contributed by atoms with Crippen molar-refractivity contribution in [3.63, 3.8) is 0 Å². The van der Waals surface area contributed by atoms with E-state index in [2.05, 4.69) is 74.5 Å². The molecule has 0 aromatic heterocycles. The minimum Gasteiger partial charge on any atom is -1.00 e. The van der Waals surface area contributed by atoms with E-state index in [0.717, 1.165) is 0 Å². The molecular formula is C28H44BrP. The van der Waals surface area contributed by atoms with E-state index in [-0.39, 0.29) is 17.0 Å². The Labute approximate surface area is 198 Å². The fourth-order valence-electron chi connectivity index (χ4n) is 4.53. The number of benzene rings is 2. The third-order valence-corrected chi connectivity index (χ3v) is 11.0. The van der Waals surface area contributed by atoms with Crippen LogP contribution < -0.4 is 27.6 Å². The van der Waals surface area contributed by atoms with E-state index < -0.39 is 7.26 Å². The van der Waals surface area contributed by atoms with Crippen LogP contribution in [0.25, 0.3) is 0 Å². The van der Waals surface area contributed by atoms with Crippen LogP contribution in [-0.2, 0) is 0 Å². The molecule has 0 fully saturated rings. The van der Waals surface area contributed by atoms with E-state index in [0.29, 0.717) is 0 Å². The largest absolute Gasteiger partial charge is 1.00 e. The summed E-state index contributed by atoms with van der Waals surface area (Å²) in [6.45, 7) is 4.61. The molecular weight excluding hydrogens is 447 g/mol. The Balaban J connectivity index is 0.00000450.